The maximum Gasteiger partial charge on any atom is 0.189 e. The van der Waals surface area contributed by atoms with Gasteiger partial charge in [-0.1, -0.05) is 6.07 Å². The molecule has 1 aliphatic carbocycles. The molecule has 0 aliphatic heterocycles. The number of hydrogen-bond acceptors (Lipinski definition) is 5. The molecule has 0 N–H and O–H groups in total. The van der Waals surface area contributed by atoms with E-state index in [0.29, 0.717) is 35.0 Å². The summed E-state index contributed by atoms with van der Waals surface area (Å²) in [7, 11) is 4.76. The van der Waals surface area contributed by atoms with E-state index >= 15 is 0 Å². The highest BCUT2D eigenvalue weighted by Gasteiger charge is 2.27. The van der Waals surface area contributed by atoms with Gasteiger partial charge in [-0.15, -0.1) is 0 Å². The summed E-state index contributed by atoms with van der Waals surface area (Å²) < 4.78 is 21.8. The molecule has 142 valence electrons. The first-order chi connectivity index (χ1) is 13.0. The first-order valence-corrected chi connectivity index (χ1v) is 8.81. The molecular formula is C22H24O5. The molecule has 0 bridgehead atoms. The number of carbonyl (C=O) groups is 1. The zero-order chi connectivity index (χ0) is 19.6. The van der Waals surface area contributed by atoms with Crippen molar-refractivity contribution >= 4 is 11.9 Å². The quantitative estimate of drug-likeness (QED) is 0.711. The van der Waals surface area contributed by atoms with Crippen molar-refractivity contribution in [3.05, 3.63) is 52.6 Å². The lowest BCUT2D eigenvalue weighted by atomic mass is 10.1. The van der Waals surface area contributed by atoms with Crippen LogP contribution in [-0.4, -0.2) is 33.2 Å². The number of fused-ring (bicyclic) bond motifs is 1. The Morgan fingerprint density at radius 2 is 1.52 bits per heavy atom. The lowest BCUT2D eigenvalue weighted by Crippen LogP contribution is -2.06. The topological polar surface area (TPSA) is 54.0 Å². The zero-order valence-electron chi connectivity index (χ0n) is 16.3. The average Bonchev–Trinajstić information content (AvgIpc) is 2.96. The smallest absolute Gasteiger partial charge is 0.189 e. The van der Waals surface area contributed by atoms with E-state index in [-0.39, 0.29) is 11.9 Å². The van der Waals surface area contributed by atoms with E-state index in [4.69, 9.17) is 18.9 Å². The predicted octanol–water partition coefficient (Wildman–Crippen LogP) is 4.32. The monoisotopic (exact) mass is 368 g/mol. The van der Waals surface area contributed by atoms with E-state index in [1.807, 2.05) is 44.2 Å². The molecule has 0 aromatic heterocycles. The fraction of sp³-hybridized carbons (Fsp3) is 0.318. The van der Waals surface area contributed by atoms with Crippen LogP contribution in [0.15, 0.2) is 35.9 Å². The van der Waals surface area contributed by atoms with Crippen molar-refractivity contribution in [2.45, 2.75) is 26.4 Å². The first kappa shape index (κ1) is 18.8. The minimum Gasteiger partial charge on any atom is -0.493 e. The molecule has 5 heteroatoms. The molecule has 0 heterocycles. The average molecular weight is 368 g/mol. The van der Waals surface area contributed by atoms with Crippen molar-refractivity contribution in [3.8, 4) is 23.0 Å². The van der Waals surface area contributed by atoms with Gasteiger partial charge in [0.05, 0.1) is 27.4 Å². The molecule has 0 saturated carbocycles. The van der Waals surface area contributed by atoms with Gasteiger partial charge < -0.3 is 18.9 Å². The number of rotatable bonds is 6. The van der Waals surface area contributed by atoms with E-state index in [1.165, 1.54) is 0 Å². The zero-order valence-corrected chi connectivity index (χ0v) is 16.3. The minimum absolute atomic E-state index is 0.00688. The fourth-order valence-corrected chi connectivity index (χ4v) is 3.18. The van der Waals surface area contributed by atoms with Crippen LogP contribution in [0.25, 0.3) is 6.08 Å². The van der Waals surface area contributed by atoms with Gasteiger partial charge in [-0.05, 0) is 55.3 Å². The molecule has 5 nitrogen and oxygen atoms in total. The van der Waals surface area contributed by atoms with Gasteiger partial charge in [0.15, 0.2) is 28.8 Å². The number of benzene rings is 2. The second-order valence-electron chi connectivity index (χ2n) is 6.62. The van der Waals surface area contributed by atoms with E-state index in [9.17, 15) is 4.79 Å². The molecule has 2 aromatic rings. The lowest BCUT2D eigenvalue weighted by Gasteiger charge is -2.13. The van der Waals surface area contributed by atoms with Gasteiger partial charge in [0.25, 0.3) is 0 Å². The van der Waals surface area contributed by atoms with Gasteiger partial charge in [-0.25, -0.2) is 0 Å². The van der Waals surface area contributed by atoms with Crippen molar-refractivity contribution < 1.29 is 23.7 Å². The van der Waals surface area contributed by atoms with E-state index in [0.717, 1.165) is 16.7 Å². The summed E-state index contributed by atoms with van der Waals surface area (Å²) in [6.07, 6.45) is 2.50. The lowest BCUT2D eigenvalue weighted by molar-refractivity contribution is 0.104. The number of Topliss-reactive ketones (excluding diaryl/α,β-unsaturated/α-hetero) is 1. The molecule has 3 rings (SSSR count). The Hall–Kier alpha value is -2.95. The third-order valence-corrected chi connectivity index (χ3v) is 4.42. The Bertz CT molecular complexity index is 896. The molecule has 1 aliphatic rings. The fourth-order valence-electron chi connectivity index (χ4n) is 3.18. The summed E-state index contributed by atoms with van der Waals surface area (Å²) in [6.45, 7) is 3.93. The highest BCUT2D eigenvalue weighted by atomic mass is 16.5. The van der Waals surface area contributed by atoms with Crippen molar-refractivity contribution in [2.75, 3.05) is 21.3 Å². The second-order valence-corrected chi connectivity index (χ2v) is 6.62. The highest BCUT2D eigenvalue weighted by Crippen LogP contribution is 2.37. The van der Waals surface area contributed by atoms with Gasteiger partial charge in [-0.2, -0.15) is 0 Å². The van der Waals surface area contributed by atoms with Crippen molar-refractivity contribution in [1.82, 2.24) is 0 Å². The summed E-state index contributed by atoms with van der Waals surface area (Å²) in [5, 5.41) is 0. The first-order valence-electron chi connectivity index (χ1n) is 8.81. The number of ketones is 1. The number of carbonyl (C=O) groups excluding carboxylic acids is 1. The largest absolute Gasteiger partial charge is 0.493 e. The normalized spacial score (nSPS) is 14.4. The molecule has 0 atom stereocenters. The standard InChI is InChI=1S/C22H24O5/c1-13(2)27-18-7-6-14(9-19(18)24-3)8-16-10-15-11-20(25-4)21(26-5)12-17(15)22(16)23/h6-9,11-13H,10H2,1-5H3. The third kappa shape index (κ3) is 3.77. The Labute approximate surface area is 159 Å². The van der Waals surface area contributed by atoms with Gasteiger partial charge in [0, 0.05) is 17.6 Å². The van der Waals surface area contributed by atoms with E-state index < -0.39 is 0 Å². The van der Waals surface area contributed by atoms with E-state index in [2.05, 4.69) is 0 Å². The summed E-state index contributed by atoms with van der Waals surface area (Å²) in [5.41, 5.74) is 3.21. The van der Waals surface area contributed by atoms with Gasteiger partial charge >= 0.3 is 0 Å². The summed E-state index contributed by atoms with van der Waals surface area (Å²) in [4.78, 5) is 12.8. The number of ether oxygens (including phenoxy) is 4. The maximum atomic E-state index is 12.8. The molecule has 0 saturated heterocycles. The van der Waals surface area contributed by atoms with Crippen LogP contribution in [-0.2, 0) is 6.42 Å². The molecule has 0 amide bonds. The number of hydrogen-bond donors (Lipinski definition) is 0. The summed E-state index contributed by atoms with van der Waals surface area (Å²) in [6, 6.07) is 9.28. The Balaban J connectivity index is 1.93. The van der Waals surface area contributed by atoms with Crippen molar-refractivity contribution in [3.63, 3.8) is 0 Å². The van der Waals surface area contributed by atoms with Crippen LogP contribution in [0.2, 0.25) is 0 Å². The molecule has 0 radical (unpaired) electrons. The molecule has 0 spiro atoms. The van der Waals surface area contributed by atoms with Crippen LogP contribution in [0.4, 0.5) is 0 Å². The van der Waals surface area contributed by atoms with Crippen LogP contribution in [0.5, 0.6) is 23.0 Å². The molecule has 27 heavy (non-hydrogen) atoms. The minimum atomic E-state index is 0.00688. The summed E-state index contributed by atoms with van der Waals surface area (Å²) in [5.74, 6) is 2.52. The Morgan fingerprint density at radius 3 is 2.15 bits per heavy atom. The van der Waals surface area contributed by atoms with Crippen LogP contribution < -0.4 is 18.9 Å². The number of allylic oxidation sites excluding steroid dienone is 1. The molecule has 0 fully saturated rings. The van der Waals surface area contributed by atoms with Gasteiger partial charge in [0.2, 0.25) is 0 Å². The molecular weight excluding hydrogens is 344 g/mol. The van der Waals surface area contributed by atoms with Gasteiger partial charge in [-0.3, -0.25) is 4.79 Å². The second kappa shape index (κ2) is 7.74. The predicted molar refractivity (Wildman–Crippen MR) is 104 cm³/mol. The van der Waals surface area contributed by atoms with Crippen LogP contribution in [0.1, 0.15) is 35.3 Å². The maximum absolute atomic E-state index is 12.8. The third-order valence-electron chi connectivity index (χ3n) is 4.42. The van der Waals surface area contributed by atoms with Crippen molar-refractivity contribution in [2.24, 2.45) is 0 Å². The van der Waals surface area contributed by atoms with Crippen molar-refractivity contribution in [1.29, 1.82) is 0 Å². The van der Waals surface area contributed by atoms with E-state index in [1.54, 1.807) is 27.4 Å². The van der Waals surface area contributed by atoms with Crippen LogP contribution in [0.3, 0.4) is 0 Å². The SMILES string of the molecule is COc1cc2c(cc1OC)C(=O)C(=Cc1ccc(OC(C)C)c(OC)c1)C2. The highest BCUT2D eigenvalue weighted by molar-refractivity contribution is 6.16. The number of methoxy groups -OCH3 is 3. The van der Waals surface area contributed by atoms with Crippen LogP contribution >= 0.6 is 0 Å². The van der Waals surface area contributed by atoms with Gasteiger partial charge in [0.1, 0.15) is 0 Å². The molecule has 2 aromatic carbocycles. The molecule has 0 unspecified atom stereocenters. The summed E-state index contributed by atoms with van der Waals surface area (Å²) >= 11 is 0. The Kier molecular flexibility index (Phi) is 5.40. The van der Waals surface area contributed by atoms with Crippen LogP contribution in [0, 0.1) is 0 Å². The Morgan fingerprint density at radius 1 is 0.889 bits per heavy atom.